The molecule has 0 radical (unpaired) electrons. The van der Waals surface area contributed by atoms with Crippen LogP contribution in [-0.4, -0.2) is 42.2 Å². The molecule has 0 fully saturated rings. The largest absolute Gasteiger partial charge is 0.448 e. The van der Waals surface area contributed by atoms with Gasteiger partial charge in [0.25, 0.3) is 5.91 Å². The Balaban J connectivity index is 2.38. The van der Waals surface area contributed by atoms with Gasteiger partial charge < -0.3 is 21.1 Å². The predicted octanol–water partition coefficient (Wildman–Crippen LogP) is -0.657. The first-order chi connectivity index (χ1) is 8.13. The molecule has 17 heavy (non-hydrogen) atoms. The van der Waals surface area contributed by atoms with Crippen LogP contribution in [0.2, 0.25) is 0 Å². The Labute approximate surface area is 97.6 Å². The number of rotatable bonds is 5. The van der Waals surface area contributed by atoms with Crippen LogP contribution in [0.4, 0.5) is 10.6 Å². The maximum atomic E-state index is 11.5. The predicted molar refractivity (Wildman–Crippen MR) is 59.4 cm³/mol. The highest BCUT2D eigenvalue weighted by Gasteiger charge is 2.07. The van der Waals surface area contributed by atoms with Crippen LogP contribution in [0.15, 0.2) is 12.4 Å². The first kappa shape index (κ1) is 12.7. The molecular formula is C9H13N5O3. The molecule has 0 spiro atoms. The van der Waals surface area contributed by atoms with Crippen molar-refractivity contribution in [2.24, 2.45) is 5.73 Å². The van der Waals surface area contributed by atoms with Crippen molar-refractivity contribution in [3.05, 3.63) is 18.1 Å². The number of primary amides is 1. The summed E-state index contributed by atoms with van der Waals surface area (Å²) in [7, 11) is 1.70. The minimum absolute atomic E-state index is 0.0170. The van der Waals surface area contributed by atoms with E-state index in [2.05, 4.69) is 25.3 Å². The molecule has 92 valence electrons. The summed E-state index contributed by atoms with van der Waals surface area (Å²) in [5, 5.41) is 5.28. The van der Waals surface area contributed by atoms with E-state index in [1.807, 2.05) is 0 Å². The molecule has 1 aromatic heterocycles. The molecule has 2 amide bonds. The van der Waals surface area contributed by atoms with Crippen LogP contribution in [0.5, 0.6) is 0 Å². The average Bonchev–Trinajstić information content (AvgIpc) is 2.34. The normalized spacial score (nSPS) is 9.47. The number of anilines is 1. The molecule has 0 saturated heterocycles. The summed E-state index contributed by atoms with van der Waals surface area (Å²) >= 11 is 0. The standard InChI is InChI=1S/C9H13N5O3/c1-11-7-5-13-6(4-14-7)8(15)12-2-3-17-9(10)16/h4-5H,2-3H2,1H3,(H2,10,16)(H,11,14)(H,12,15). The Morgan fingerprint density at radius 3 is 2.71 bits per heavy atom. The molecule has 0 aliphatic rings. The van der Waals surface area contributed by atoms with Crippen LogP contribution in [-0.2, 0) is 4.74 Å². The molecule has 0 aromatic carbocycles. The Kier molecular flexibility index (Phi) is 4.67. The number of carbonyl (C=O) groups is 2. The molecule has 0 aliphatic carbocycles. The lowest BCUT2D eigenvalue weighted by molar-refractivity contribution is 0.0931. The zero-order chi connectivity index (χ0) is 12.7. The third-order valence-corrected chi connectivity index (χ3v) is 1.77. The maximum Gasteiger partial charge on any atom is 0.404 e. The lowest BCUT2D eigenvalue weighted by atomic mass is 10.4. The van der Waals surface area contributed by atoms with E-state index in [-0.39, 0.29) is 18.8 Å². The van der Waals surface area contributed by atoms with E-state index in [0.29, 0.717) is 5.82 Å². The summed E-state index contributed by atoms with van der Waals surface area (Å²) in [5.74, 6) is 0.173. The van der Waals surface area contributed by atoms with Gasteiger partial charge in [0.05, 0.1) is 18.9 Å². The minimum atomic E-state index is -0.877. The van der Waals surface area contributed by atoms with Crippen molar-refractivity contribution in [1.82, 2.24) is 15.3 Å². The van der Waals surface area contributed by atoms with Gasteiger partial charge in [-0.2, -0.15) is 0 Å². The number of nitrogens with zero attached hydrogens (tertiary/aromatic N) is 2. The van der Waals surface area contributed by atoms with E-state index in [1.54, 1.807) is 7.05 Å². The number of aromatic nitrogens is 2. The number of carbonyl (C=O) groups excluding carboxylic acids is 2. The zero-order valence-corrected chi connectivity index (χ0v) is 9.27. The lowest BCUT2D eigenvalue weighted by Crippen LogP contribution is -2.29. The van der Waals surface area contributed by atoms with E-state index in [0.717, 1.165) is 0 Å². The fraction of sp³-hybridized carbons (Fsp3) is 0.333. The van der Waals surface area contributed by atoms with Crippen LogP contribution in [0.1, 0.15) is 10.5 Å². The second-order valence-electron chi connectivity index (χ2n) is 2.96. The molecule has 1 rings (SSSR count). The molecule has 0 atom stereocenters. The number of hydrogen-bond acceptors (Lipinski definition) is 6. The fourth-order valence-electron chi connectivity index (χ4n) is 0.981. The van der Waals surface area contributed by atoms with Gasteiger partial charge in [-0.3, -0.25) is 4.79 Å². The number of hydrogen-bond donors (Lipinski definition) is 3. The summed E-state index contributed by atoms with van der Waals surface area (Å²) in [6.07, 6.45) is 1.91. The quantitative estimate of drug-likeness (QED) is 0.587. The van der Waals surface area contributed by atoms with Crippen LogP contribution < -0.4 is 16.4 Å². The average molecular weight is 239 g/mol. The molecule has 4 N–H and O–H groups in total. The van der Waals surface area contributed by atoms with Gasteiger partial charge in [0.2, 0.25) is 0 Å². The van der Waals surface area contributed by atoms with E-state index in [4.69, 9.17) is 5.73 Å². The van der Waals surface area contributed by atoms with Crippen LogP contribution in [0, 0.1) is 0 Å². The molecule has 8 nitrogen and oxygen atoms in total. The van der Waals surface area contributed by atoms with Crippen molar-refractivity contribution < 1.29 is 14.3 Å². The third-order valence-electron chi connectivity index (χ3n) is 1.77. The summed E-state index contributed by atoms with van der Waals surface area (Å²) in [5.41, 5.74) is 4.93. The van der Waals surface area contributed by atoms with E-state index in [1.165, 1.54) is 12.4 Å². The summed E-state index contributed by atoms with van der Waals surface area (Å²) < 4.78 is 4.44. The number of amides is 2. The van der Waals surface area contributed by atoms with Gasteiger partial charge in [0.15, 0.2) is 0 Å². The van der Waals surface area contributed by atoms with Gasteiger partial charge in [0, 0.05) is 7.05 Å². The van der Waals surface area contributed by atoms with Crippen molar-refractivity contribution >= 4 is 17.8 Å². The van der Waals surface area contributed by atoms with Crippen molar-refractivity contribution in [3.8, 4) is 0 Å². The highest BCUT2D eigenvalue weighted by Crippen LogP contribution is 1.99. The van der Waals surface area contributed by atoms with Crippen LogP contribution in [0.25, 0.3) is 0 Å². The van der Waals surface area contributed by atoms with Gasteiger partial charge >= 0.3 is 6.09 Å². The second-order valence-corrected chi connectivity index (χ2v) is 2.96. The monoisotopic (exact) mass is 239 g/mol. The van der Waals surface area contributed by atoms with Crippen molar-refractivity contribution in [2.45, 2.75) is 0 Å². The molecule has 1 aromatic rings. The first-order valence-electron chi connectivity index (χ1n) is 4.83. The third kappa shape index (κ3) is 4.33. The van der Waals surface area contributed by atoms with Crippen molar-refractivity contribution in [3.63, 3.8) is 0 Å². The lowest BCUT2D eigenvalue weighted by Gasteiger charge is -2.04. The Morgan fingerprint density at radius 1 is 1.41 bits per heavy atom. The molecule has 1 heterocycles. The van der Waals surface area contributed by atoms with Crippen molar-refractivity contribution in [2.75, 3.05) is 25.5 Å². The highest BCUT2D eigenvalue weighted by molar-refractivity contribution is 5.91. The van der Waals surface area contributed by atoms with Gasteiger partial charge in [-0.15, -0.1) is 0 Å². The first-order valence-corrected chi connectivity index (χ1v) is 4.83. The van der Waals surface area contributed by atoms with Crippen LogP contribution >= 0.6 is 0 Å². The SMILES string of the molecule is CNc1cnc(C(=O)NCCOC(N)=O)cn1. The Bertz CT molecular complexity index is 392. The summed E-state index contributed by atoms with van der Waals surface area (Å²) in [6.45, 7) is 0.181. The molecule has 0 bridgehead atoms. The molecule has 0 aliphatic heterocycles. The number of nitrogens with two attached hydrogens (primary N) is 1. The summed E-state index contributed by atoms with van der Waals surface area (Å²) in [6, 6.07) is 0. The van der Waals surface area contributed by atoms with Gasteiger partial charge in [-0.05, 0) is 0 Å². The zero-order valence-electron chi connectivity index (χ0n) is 9.27. The minimum Gasteiger partial charge on any atom is -0.448 e. The van der Waals surface area contributed by atoms with E-state index in [9.17, 15) is 9.59 Å². The Morgan fingerprint density at radius 2 is 2.18 bits per heavy atom. The second kappa shape index (κ2) is 6.26. The maximum absolute atomic E-state index is 11.5. The van der Waals surface area contributed by atoms with Gasteiger partial charge in [-0.1, -0.05) is 0 Å². The molecule has 0 saturated carbocycles. The topological polar surface area (TPSA) is 119 Å². The van der Waals surface area contributed by atoms with E-state index >= 15 is 0 Å². The highest BCUT2D eigenvalue weighted by atomic mass is 16.5. The van der Waals surface area contributed by atoms with E-state index < -0.39 is 12.0 Å². The molecule has 0 unspecified atom stereocenters. The summed E-state index contributed by atoms with van der Waals surface area (Å²) in [4.78, 5) is 29.6. The van der Waals surface area contributed by atoms with Crippen molar-refractivity contribution in [1.29, 1.82) is 0 Å². The molecular weight excluding hydrogens is 226 g/mol. The number of ether oxygens (including phenoxy) is 1. The van der Waals surface area contributed by atoms with Crippen LogP contribution in [0.3, 0.4) is 0 Å². The molecule has 8 heteroatoms. The van der Waals surface area contributed by atoms with Gasteiger partial charge in [-0.25, -0.2) is 14.8 Å². The smallest absolute Gasteiger partial charge is 0.404 e. The number of nitrogens with one attached hydrogen (secondary N) is 2. The van der Waals surface area contributed by atoms with Gasteiger partial charge in [0.1, 0.15) is 18.1 Å². The Hall–Kier alpha value is -2.38. The fourth-order valence-corrected chi connectivity index (χ4v) is 0.981.